The molecule has 7 heteroatoms. The topological polar surface area (TPSA) is 85.3 Å². The minimum absolute atomic E-state index is 0. The molecule has 0 aliphatic carbocycles. The second-order valence-corrected chi connectivity index (χ2v) is 6.38. The fourth-order valence-corrected chi connectivity index (χ4v) is 3.27. The van der Waals surface area contributed by atoms with Crippen molar-refractivity contribution in [2.45, 2.75) is 24.8 Å². The number of rotatable bonds is 5. The Labute approximate surface area is 131 Å². The van der Waals surface area contributed by atoms with Crippen LogP contribution in [0.25, 0.3) is 0 Å². The normalized spacial score (nSPS) is 12.7. The van der Waals surface area contributed by atoms with E-state index in [0.29, 0.717) is 11.5 Å². The summed E-state index contributed by atoms with van der Waals surface area (Å²) < 4.78 is 32.1. The third-order valence-corrected chi connectivity index (χ3v) is 4.54. The summed E-state index contributed by atoms with van der Waals surface area (Å²) in [7, 11) is -3.60. The zero-order valence-electron chi connectivity index (χ0n) is 11.9. The molecule has 1 atom stereocenters. The molecule has 2 rings (SSSR count). The van der Waals surface area contributed by atoms with E-state index in [1.807, 2.05) is 30.3 Å². The van der Waals surface area contributed by atoms with Crippen molar-refractivity contribution in [2.75, 3.05) is 6.54 Å². The van der Waals surface area contributed by atoms with Gasteiger partial charge in [0.15, 0.2) is 0 Å². The molecule has 0 aliphatic heterocycles. The predicted octanol–water partition coefficient (Wildman–Crippen LogP) is 2.30. The minimum Gasteiger partial charge on any atom is -0.465 e. The van der Waals surface area contributed by atoms with E-state index in [9.17, 15) is 8.42 Å². The number of hydrogen-bond acceptors (Lipinski definition) is 4. The van der Waals surface area contributed by atoms with Gasteiger partial charge in [-0.15, -0.1) is 12.4 Å². The second-order valence-electron chi connectivity index (χ2n) is 4.65. The van der Waals surface area contributed by atoms with Crippen LogP contribution >= 0.6 is 12.4 Å². The summed E-state index contributed by atoms with van der Waals surface area (Å²) >= 11 is 0. The average molecular weight is 331 g/mol. The monoisotopic (exact) mass is 330 g/mol. The van der Waals surface area contributed by atoms with Gasteiger partial charge < -0.3 is 10.2 Å². The van der Waals surface area contributed by atoms with Crippen molar-refractivity contribution in [3.8, 4) is 0 Å². The zero-order chi connectivity index (χ0) is 14.8. The smallest absolute Gasteiger partial charge is 0.244 e. The van der Waals surface area contributed by atoms with Crippen LogP contribution in [0, 0.1) is 13.8 Å². The number of sulfonamides is 1. The number of benzene rings is 1. The maximum Gasteiger partial charge on any atom is 0.244 e. The Morgan fingerprint density at radius 3 is 2.38 bits per heavy atom. The van der Waals surface area contributed by atoms with Gasteiger partial charge in [-0.25, -0.2) is 13.1 Å². The lowest BCUT2D eigenvalue weighted by molar-refractivity contribution is 0.495. The van der Waals surface area contributed by atoms with E-state index >= 15 is 0 Å². The van der Waals surface area contributed by atoms with Gasteiger partial charge in [0.05, 0.1) is 0 Å². The zero-order valence-corrected chi connectivity index (χ0v) is 13.5. The molecular weight excluding hydrogens is 312 g/mol. The van der Waals surface area contributed by atoms with Crippen LogP contribution in [0.2, 0.25) is 0 Å². The third-order valence-electron chi connectivity index (χ3n) is 3.01. The maximum atomic E-state index is 12.2. The van der Waals surface area contributed by atoms with E-state index in [-0.39, 0.29) is 29.9 Å². The number of halogens is 1. The quantitative estimate of drug-likeness (QED) is 0.880. The highest BCUT2D eigenvalue weighted by Crippen LogP contribution is 2.19. The van der Waals surface area contributed by atoms with E-state index in [0.717, 1.165) is 5.56 Å². The maximum absolute atomic E-state index is 12.2. The Hall–Kier alpha value is -1.34. The molecule has 1 unspecified atom stereocenters. The molecule has 1 aromatic heterocycles. The molecule has 0 aliphatic rings. The lowest BCUT2D eigenvalue weighted by atomic mass is 10.1. The molecule has 0 saturated carbocycles. The molecule has 0 bridgehead atoms. The average Bonchev–Trinajstić information content (AvgIpc) is 2.77. The molecule has 2 aromatic rings. The number of aryl methyl sites for hydroxylation is 2. The largest absolute Gasteiger partial charge is 0.465 e. The molecule has 5 nitrogen and oxygen atoms in total. The van der Waals surface area contributed by atoms with Gasteiger partial charge in [-0.2, -0.15) is 0 Å². The van der Waals surface area contributed by atoms with Crippen molar-refractivity contribution < 1.29 is 12.8 Å². The Morgan fingerprint density at radius 2 is 1.86 bits per heavy atom. The van der Waals surface area contributed by atoms with Gasteiger partial charge in [0.1, 0.15) is 16.4 Å². The van der Waals surface area contributed by atoms with Crippen LogP contribution in [0.4, 0.5) is 0 Å². The van der Waals surface area contributed by atoms with Crippen molar-refractivity contribution in [3.63, 3.8) is 0 Å². The summed E-state index contributed by atoms with van der Waals surface area (Å²) in [5, 5.41) is 0. The molecule has 3 N–H and O–H groups in total. The molecule has 21 heavy (non-hydrogen) atoms. The van der Waals surface area contributed by atoms with Crippen molar-refractivity contribution in [1.29, 1.82) is 0 Å². The van der Waals surface area contributed by atoms with Crippen LogP contribution in [-0.4, -0.2) is 15.0 Å². The molecule has 1 aromatic carbocycles. The Morgan fingerprint density at radius 1 is 1.24 bits per heavy atom. The first-order valence-corrected chi connectivity index (χ1v) is 7.75. The van der Waals surface area contributed by atoms with Crippen molar-refractivity contribution in [2.24, 2.45) is 5.73 Å². The van der Waals surface area contributed by atoms with Gasteiger partial charge in [0.25, 0.3) is 0 Å². The van der Waals surface area contributed by atoms with E-state index < -0.39 is 10.0 Å². The van der Waals surface area contributed by atoms with E-state index in [2.05, 4.69) is 4.72 Å². The van der Waals surface area contributed by atoms with Gasteiger partial charge in [0, 0.05) is 12.6 Å². The Bertz CT molecular complexity index is 683. The van der Waals surface area contributed by atoms with Gasteiger partial charge in [-0.3, -0.25) is 0 Å². The number of nitrogens with two attached hydrogens (primary N) is 1. The predicted molar refractivity (Wildman–Crippen MR) is 84.0 cm³/mol. The van der Waals surface area contributed by atoms with Crippen molar-refractivity contribution in [1.82, 2.24) is 4.72 Å². The molecule has 116 valence electrons. The first kappa shape index (κ1) is 17.7. The van der Waals surface area contributed by atoms with Gasteiger partial charge >= 0.3 is 0 Å². The van der Waals surface area contributed by atoms with Crippen molar-refractivity contribution in [3.05, 3.63) is 53.5 Å². The second kappa shape index (κ2) is 7.09. The summed E-state index contributed by atoms with van der Waals surface area (Å²) in [6.07, 6.45) is 0. The van der Waals surface area contributed by atoms with Crippen LogP contribution in [-0.2, 0) is 10.0 Å². The highest BCUT2D eigenvalue weighted by atomic mass is 35.5. The highest BCUT2D eigenvalue weighted by molar-refractivity contribution is 7.89. The first-order valence-electron chi connectivity index (χ1n) is 6.27. The molecule has 0 radical (unpaired) electrons. The summed E-state index contributed by atoms with van der Waals surface area (Å²) in [5.74, 6) is 0.943. The summed E-state index contributed by atoms with van der Waals surface area (Å²) in [5.41, 5.74) is 6.86. The summed E-state index contributed by atoms with van der Waals surface area (Å²) in [4.78, 5) is 0.162. The van der Waals surface area contributed by atoms with E-state index in [1.54, 1.807) is 13.8 Å². The Kier molecular flexibility index (Phi) is 5.98. The summed E-state index contributed by atoms with van der Waals surface area (Å²) in [6, 6.07) is 10.5. The molecule has 0 amide bonds. The van der Waals surface area contributed by atoms with Crippen LogP contribution in [0.3, 0.4) is 0 Å². The third kappa shape index (κ3) is 4.31. The Balaban J connectivity index is 0.00000220. The lowest BCUT2D eigenvalue weighted by Crippen LogP contribution is -2.32. The molecule has 0 spiro atoms. The minimum atomic E-state index is -3.60. The lowest BCUT2D eigenvalue weighted by Gasteiger charge is -2.13. The summed E-state index contributed by atoms with van der Waals surface area (Å²) in [6.45, 7) is 3.47. The van der Waals surface area contributed by atoms with Gasteiger partial charge in [-0.05, 0) is 25.5 Å². The van der Waals surface area contributed by atoms with Crippen LogP contribution in [0.15, 0.2) is 45.7 Å². The number of furan rings is 1. The van der Waals surface area contributed by atoms with Gasteiger partial charge in [-0.1, -0.05) is 30.3 Å². The van der Waals surface area contributed by atoms with E-state index in [1.165, 1.54) is 6.07 Å². The van der Waals surface area contributed by atoms with Gasteiger partial charge in [0.2, 0.25) is 10.0 Å². The first-order chi connectivity index (χ1) is 9.40. The SMILES string of the molecule is Cc1cc(S(=O)(=O)NCC(N)c2ccccc2)c(C)o1.Cl. The van der Waals surface area contributed by atoms with Crippen LogP contribution < -0.4 is 10.5 Å². The molecule has 0 fully saturated rings. The fraction of sp³-hybridized carbons (Fsp3) is 0.286. The van der Waals surface area contributed by atoms with E-state index in [4.69, 9.17) is 10.2 Å². The number of hydrogen-bond donors (Lipinski definition) is 2. The fourth-order valence-electron chi connectivity index (χ4n) is 1.97. The van der Waals surface area contributed by atoms with Crippen molar-refractivity contribution >= 4 is 22.4 Å². The van der Waals surface area contributed by atoms with Crippen LogP contribution in [0.1, 0.15) is 23.1 Å². The molecule has 1 heterocycles. The standard InChI is InChI=1S/C14H18N2O3S.ClH/c1-10-8-14(11(2)19-10)20(17,18)16-9-13(15)12-6-4-3-5-7-12;/h3-8,13,16H,9,15H2,1-2H3;1H. The molecular formula is C14H19ClN2O3S. The number of nitrogens with one attached hydrogen (secondary N) is 1. The molecule has 0 saturated heterocycles. The highest BCUT2D eigenvalue weighted by Gasteiger charge is 2.21. The van der Waals surface area contributed by atoms with Crippen LogP contribution in [0.5, 0.6) is 0 Å².